The number of aromatic amines is 1. The van der Waals surface area contributed by atoms with Gasteiger partial charge in [-0.1, -0.05) is 12.1 Å². The Bertz CT molecular complexity index is 572. The van der Waals surface area contributed by atoms with Crippen molar-refractivity contribution in [2.75, 3.05) is 7.05 Å². The van der Waals surface area contributed by atoms with Gasteiger partial charge in [-0.3, -0.25) is 9.59 Å². The van der Waals surface area contributed by atoms with Crippen LogP contribution in [-0.4, -0.2) is 17.9 Å². The fourth-order valence-corrected chi connectivity index (χ4v) is 1.50. The molecule has 1 amide bonds. The molecule has 0 spiro atoms. The van der Waals surface area contributed by atoms with Crippen LogP contribution >= 0.6 is 0 Å². The number of rotatable bonds is 1. The first-order valence-corrected chi connectivity index (χ1v) is 4.56. The number of aromatic nitrogens is 1. The first-order valence-electron chi connectivity index (χ1n) is 4.56. The lowest BCUT2D eigenvalue weighted by atomic mass is 10.1. The van der Waals surface area contributed by atoms with E-state index in [2.05, 4.69) is 10.3 Å². The smallest absolute Gasteiger partial charge is 0.253 e. The van der Waals surface area contributed by atoms with Crippen LogP contribution < -0.4 is 10.9 Å². The third kappa shape index (κ3) is 1.61. The summed E-state index contributed by atoms with van der Waals surface area (Å²) in [5.41, 5.74) is 0.843. The third-order valence-corrected chi connectivity index (χ3v) is 2.23. The molecule has 0 unspecified atom stereocenters. The van der Waals surface area contributed by atoms with Gasteiger partial charge < -0.3 is 10.3 Å². The number of para-hydroxylation sites is 1. The molecule has 0 saturated heterocycles. The van der Waals surface area contributed by atoms with Crippen molar-refractivity contribution in [3.05, 3.63) is 46.2 Å². The summed E-state index contributed by atoms with van der Waals surface area (Å²) in [5, 5.41) is 3.38. The molecule has 0 aliphatic rings. The fraction of sp³-hybridized carbons (Fsp3) is 0.0909. The van der Waals surface area contributed by atoms with Crippen LogP contribution in [0, 0.1) is 0 Å². The van der Waals surface area contributed by atoms with Crippen LogP contribution in [0.15, 0.2) is 35.1 Å². The van der Waals surface area contributed by atoms with Gasteiger partial charge in [0.1, 0.15) is 0 Å². The van der Waals surface area contributed by atoms with Crippen molar-refractivity contribution in [3.63, 3.8) is 0 Å². The van der Waals surface area contributed by atoms with E-state index >= 15 is 0 Å². The van der Waals surface area contributed by atoms with Crippen LogP contribution in [0.2, 0.25) is 0 Å². The standard InChI is InChI=1S/C11H10N2O2/c1-12-11(15)8-4-2-3-7-5-6-9(14)13-10(7)8/h2-6H,1H3,(H,12,15)(H,13,14). The molecular formula is C11H10N2O2. The van der Waals surface area contributed by atoms with E-state index in [0.717, 1.165) is 5.39 Å². The van der Waals surface area contributed by atoms with Crippen LogP contribution in [0.5, 0.6) is 0 Å². The Morgan fingerprint density at radius 3 is 2.80 bits per heavy atom. The van der Waals surface area contributed by atoms with Crippen LogP contribution in [0.1, 0.15) is 10.4 Å². The molecule has 4 nitrogen and oxygen atoms in total. The lowest BCUT2D eigenvalue weighted by Crippen LogP contribution is -2.19. The molecule has 2 N–H and O–H groups in total. The van der Waals surface area contributed by atoms with Crippen molar-refractivity contribution in [3.8, 4) is 0 Å². The number of carbonyl (C=O) groups is 1. The van der Waals surface area contributed by atoms with Crippen LogP contribution in [0.4, 0.5) is 0 Å². The van der Waals surface area contributed by atoms with Gasteiger partial charge in [0.25, 0.3) is 5.91 Å². The van der Waals surface area contributed by atoms with Crippen molar-refractivity contribution in [1.29, 1.82) is 0 Å². The summed E-state index contributed by atoms with van der Waals surface area (Å²) >= 11 is 0. The van der Waals surface area contributed by atoms with Gasteiger partial charge in [0, 0.05) is 13.1 Å². The minimum atomic E-state index is -0.209. The first-order chi connectivity index (χ1) is 7.22. The maximum Gasteiger partial charge on any atom is 0.253 e. The molecule has 0 aliphatic carbocycles. The Labute approximate surface area is 85.9 Å². The van der Waals surface area contributed by atoms with Gasteiger partial charge in [-0.25, -0.2) is 0 Å². The molecule has 76 valence electrons. The van der Waals surface area contributed by atoms with Crippen molar-refractivity contribution >= 4 is 16.8 Å². The summed E-state index contributed by atoms with van der Waals surface area (Å²) in [4.78, 5) is 25.3. The van der Waals surface area contributed by atoms with Crippen LogP contribution in [0.3, 0.4) is 0 Å². The highest BCUT2D eigenvalue weighted by molar-refractivity contribution is 6.05. The summed E-state index contributed by atoms with van der Waals surface area (Å²) < 4.78 is 0. The molecule has 4 heteroatoms. The molecule has 0 radical (unpaired) electrons. The maximum absolute atomic E-state index is 11.5. The molecular weight excluding hydrogens is 192 g/mol. The number of H-pyrrole nitrogens is 1. The highest BCUT2D eigenvalue weighted by Gasteiger charge is 2.07. The van der Waals surface area contributed by atoms with E-state index < -0.39 is 0 Å². The number of hydrogen-bond acceptors (Lipinski definition) is 2. The number of nitrogens with one attached hydrogen (secondary N) is 2. The topological polar surface area (TPSA) is 62.0 Å². The van der Waals surface area contributed by atoms with Gasteiger partial charge in [0.2, 0.25) is 5.56 Å². The molecule has 1 aromatic heterocycles. The summed E-state index contributed by atoms with van der Waals surface area (Å²) in [6.45, 7) is 0. The third-order valence-electron chi connectivity index (χ3n) is 2.23. The average Bonchev–Trinajstić information content (AvgIpc) is 2.27. The minimum absolute atomic E-state index is 0.206. The van der Waals surface area contributed by atoms with Crippen molar-refractivity contribution in [2.24, 2.45) is 0 Å². The number of benzene rings is 1. The lowest BCUT2D eigenvalue weighted by Gasteiger charge is -2.03. The second kappa shape index (κ2) is 3.57. The zero-order chi connectivity index (χ0) is 10.8. The second-order valence-electron chi connectivity index (χ2n) is 3.17. The molecule has 15 heavy (non-hydrogen) atoms. The fourth-order valence-electron chi connectivity index (χ4n) is 1.50. The Kier molecular flexibility index (Phi) is 2.25. The number of hydrogen-bond donors (Lipinski definition) is 2. The molecule has 1 aromatic carbocycles. The van der Waals surface area contributed by atoms with Gasteiger partial charge in [-0.05, 0) is 17.5 Å². The van der Waals surface area contributed by atoms with Crippen molar-refractivity contribution in [1.82, 2.24) is 10.3 Å². The quantitative estimate of drug-likeness (QED) is 0.721. The monoisotopic (exact) mass is 202 g/mol. The average molecular weight is 202 g/mol. The van der Waals surface area contributed by atoms with Crippen LogP contribution in [-0.2, 0) is 0 Å². The number of pyridine rings is 1. The highest BCUT2D eigenvalue weighted by atomic mass is 16.1. The Morgan fingerprint density at radius 2 is 2.07 bits per heavy atom. The molecule has 1 heterocycles. The normalized spacial score (nSPS) is 10.2. The largest absolute Gasteiger partial charge is 0.355 e. The predicted molar refractivity (Wildman–Crippen MR) is 58.0 cm³/mol. The number of amides is 1. The Morgan fingerprint density at radius 1 is 1.27 bits per heavy atom. The van der Waals surface area contributed by atoms with E-state index in [1.807, 2.05) is 6.07 Å². The van der Waals surface area contributed by atoms with E-state index in [1.165, 1.54) is 6.07 Å². The zero-order valence-corrected chi connectivity index (χ0v) is 8.20. The number of carbonyl (C=O) groups excluding carboxylic acids is 1. The van der Waals surface area contributed by atoms with E-state index in [1.54, 1.807) is 25.2 Å². The van der Waals surface area contributed by atoms with E-state index in [0.29, 0.717) is 11.1 Å². The van der Waals surface area contributed by atoms with Gasteiger partial charge in [0.15, 0.2) is 0 Å². The maximum atomic E-state index is 11.5. The molecule has 2 rings (SSSR count). The number of fused-ring (bicyclic) bond motifs is 1. The minimum Gasteiger partial charge on any atom is -0.355 e. The zero-order valence-electron chi connectivity index (χ0n) is 8.20. The van der Waals surface area contributed by atoms with Gasteiger partial charge in [0.05, 0.1) is 11.1 Å². The summed E-state index contributed by atoms with van der Waals surface area (Å²) in [6, 6.07) is 8.44. The SMILES string of the molecule is CNC(=O)c1cccc2ccc(=O)[nH]c12. The van der Waals surface area contributed by atoms with Gasteiger partial charge >= 0.3 is 0 Å². The molecule has 0 aliphatic heterocycles. The molecule has 0 saturated carbocycles. The van der Waals surface area contributed by atoms with E-state index in [9.17, 15) is 9.59 Å². The predicted octanol–water partition coefficient (Wildman–Crippen LogP) is 0.888. The Balaban J connectivity index is 2.79. The molecule has 2 aromatic rings. The van der Waals surface area contributed by atoms with Gasteiger partial charge in [-0.2, -0.15) is 0 Å². The van der Waals surface area contributed by atoms with Crippen LogP contribution in [0.25, 0.3) is 10.9 Å². The summed E-state index contributed by atoms with van der Waals surface area (Å²) in [5.74, 6) is -0.206. The highest BCUT2D eigenvalue weighted by Crippen LogP contribution is 2.14. The van der Waals surface area contributed by atoms with Gasteiger partial charge in [-0.15, -0.1) is 0 Å². The summed E-state index contributed by atoms with van der Waals surface area (Å²) in [6.07, 6.45) is 0. The van der Waals surface area contributed by atoms with Crippen molar-refractivity contribution < 1.29 is 4.79 Å². The van der Waals surface area contributed by atoms with E-state index in [4.69, 9.17) is 0 Å². The summed E-state index contributed by atoms with van der Waals surface area (Å²) in [7, 11) is 1.56. The molecule has 0 fully saturated rings. The van der Waals surface area contributed by atoms with E-state index in [-0.39, 0.29) is 11.5 Å². The molecule has 0 bridgehead atoms. The Hall–Kier alpha value is -2.10. The second-order valence-corrected chi connectivity index (χ2v) is 3.17. The molecule has 0 atom stereocenters. The first kappa shape index (κ1) is 9.45. The van der Waals surface area contributed by atoms with Crippen molar-refractivity contribution in [2.45, 2.75) is 0 Å². The lowest BCUT2D eigenvalue weighted by molar-refractivity contribution is 0.0964.